The molecule has 23 heavy (non-hydrogen) atoms. The zero-order valence-corrected chi connectivity index (χ0v) is 13.7. The molecule has 1 aliphatic heterocycles. The fraction of sp³-hybridized carbons (Fsp3) is 0.611. The third-order valence-electron chi connectivity index (χ3n) is 4.79. The van der Waals surface area contributed by atoms with Crippen LogP contribution in [0.1, 0.15) is 19.3 Å². The molecule has 0 bridgehead atoms. The van der Waals surface area contributed by atoms with Crippen LogP contribution in [0.4, 0.5) is 5.69 Å². The molecule has 3 rings (SSSR count). The molecule has 1 aromatic rings. The smallest absolute Gasteiger partial charge is 0.234 e. The second-order valence-corrected chi connectivity index (χ2v) is 6.67. The summed E-state index contributed by atoms with van der Waals surface area (Å²) in [5.74, 6) is 0.606. The molecule has 1 atom stereocenters. The van der Waals surface area contributed by atoms with Crippen LogP contribution >= 0.6 is 0 Å². The number of hydrogen-bond donors (Lipinski definition) is 2. The van der Waals surface area contributed by atoms with Gasteiger partial charge >= 0.3 is 0 Å². The molecular weight excluding hydrogens is 290 g/mol. The minimum Gasteiger partial charge on any atom is -0.395 e. The number of anilines is 1. The Hall–Kier alpha value is -1.59. The summed E-state index contributed by atoms with van der Waals surface area (Å²) < 4.78 is 0. The van der Waals surface area contributed by atoms with Crippen molar-refractivity contribution in [3.63, 3.8) is 0 Å². The summed E-state index contributed by atoms with van der Waals surface area (Å²) in [6.07, 6.45) is 3.43. The van der Waals surface area contributed by atoms with Crippen LogP contribution in [0.2, 0.25) is 0 Å². The van der Waals surface area contributed by atoms with Crippen molar-refractivity contribution in [2.75, 3.05) is 44.2 Å². The Morgan fingerprint density at radius 1 is 1.26 bits per heavy atom. The van der Waals surface area contributed by atoms with Crippen molar-refractivity contribution >= 4 is 11.6 Å². The summed E-state index contributed by atoms with van der Waals surface area (Å²) in [6.45, 7) is 3.96. The monoisotopic (exact) mass is 317 g/mol. The SMILES string of the molecule is O=C(CN(CCO)C1CC1)NCC1CCN(c2ccccc2)C1. The van der Waals surface area contributed by atoms with Gasteiger partial charge in [0.05, 0.1) is 13.2 Å². The van der Waals surface area contributed by atoms with Gasteiger partial charge in [-0.2, -0.15) is 0 Å². The van der Waals surface area contributed by atoms with Gasteiger partial charge in [-0.1, -0.05) is 18.2 Å². The van der Waals surface area contributed by atoms with Gasteiger partial charge < -0.3 is 15.3 Å². The van der Waals surface area contributed by atoms with Crippen LogP contribution in [0.25, 0.3) is 0 Å². The van der Waals surface area contributed by atoms with E-state index in [4.69, 9.17) is 5.11 Å². The second-order valence-electron chi connectivity index (χ2n) is 6.67. The van der Waals surface area contributed by atoms with Crippen LogP contribution in [0.15, 0.2) is 30.3 Å². The summed E-state index contributed by atoms with van der Waals surface area (Å²) in [6, 6.07) is 11.0. The van der Waals surface area contributed by atoms with Gasteiger partial charge in [0.1, 0.15) is 0 Å². The highest BCUT2D eigenvalue weighted by Crippen LogP contribution is 2.26. The molecule has 5 nitrogen and oxygen atoms in total. The number of aliphatic hydroxyl groups is 1. The van der Waals surface area contributed by atoms with Gasteiger partial charge in [-0.15, -0.1) is 0 Å². The zero-order valence-electron chi connectivity index (χ0n) is 13.7. The molecule has 0 aromatic heterocycles. The van der Waals surface area contributed by atoms with E-state index in [-0.39, 0.29) is 12.5 Å². The van der Waals surface area contributed by atoms with E-state index in [1.165, 1.54) is 5.69 Å². The van der Waals surface area contributed by atoms with Crippen molar-refractivity contribution in [3.8, 4) is 0 Å². The highest BCUT2D eigenvalue weighted by Gasteiger charge is 2.30. The van der Waals surface area contributed by atoms with E-state index >= 15 is 0 Å². The van der Waals surface area contributed by atoms with Gasteiger partial charge in [-0.3, -0.25) is 9.69 Å². The molecular formula is C18H27N3O2. The second kappa shape index (κ2) is 7.79. The summed E-state index contributed by atoms with van der Waals surface area (Å²) in [4.78, 5) is 16.6. The Morgan fingerprint density at radius 2 is 2.04 bits per heavy atom. The van der Waals surface area contributed by atoms with Crippen LogP contribution in [-0.2, 0) is 4.79 Å². The van der Waals surface area contributed by atoms with Crippen LogP contribution in [-0.4, -0.2) is 61.3 Å². The number of para-hydroxylation sites is 1. The maximum Gasteiger partial charge on any atom is 0.234 e. The summed E-state index contributed by atoms with van der Waals surface area (Å²) in [7, 11) is 0. The highest BCUT2D eigenvalue weighted by atomic mass is 16.3. The van der Waals surface area contributed by atoms with Crippen molar-refractivity contribution in [1.29, 1.82) is 0 Å². The van der Waals surface area contributed by atoms with E-state index in [0.717, 1.165) is 38.9 Å². The third-order valence-corrected chi connectivity index (χ3v) is 4.79. The first kappa shape index (κ1) is 16.3. The van der Waals surface area contributed by atoms with Gasteiger partial charge in [-0.05, 0) is 37.3 Å². The maximum absolute atomic E-state index is 12.1. The molecule has 1 saturated carbocycles. The lowest BCUT2D eigenvalue weighted by molar-refractivity contribution is -0.122. The molecule has 1 aliphatic carbocycles. The Balaban J connectivity index is 1.39. The van der Waals surface area contributed by atoms with E-state index < -0.39 is 0 Å². The van der Waals surface area contributed by atoms with E-state index in [0.29, 0.717) is 25.0 Å². The molecule has 1 unspecified atom stereocenters. The number of nitrogens with zero attached hydrogens (tertiary/aromatic N) is 2. The van der Waals surface area contributed by atoms with Gasteiger partial charge in [0.2, 0.25) is 5.91 Å². The average Bonchev–Trinajstić information content (AvgIpc) is 3.31. The molecule has 0 radical (unpaired) electrons. The molecule has 1 heterocycles. The molecule has 2 aliphatic rings. The Morgan fingerprint density at radius 3 is 2.74 bits per heavy atom. The Bertz CT molecular complexity index is 504. The quantitative estimate of drug-likeness (QED) is 0.753. The lowest BCUT2D eigenvalue weighted by atomic mass is 10.1. The number of nitrogens with one attached hydrogen (secondary N) is 1. The zero-order chi connectivity index (χ0) is 16.1. The fourth-order valence-corrected chi connectivity index (χ4v) is 3.33. The highest BCUT2D eigenvalue weighted by molar-refractivity contribution is 5.78. The van der Waals surface area contributed by atoms with Crippen molar-refractivity contribution in [3.05, 3.63) is 30.3 Å². The first-order valence-corrected chi connectivity index (χ1v) is 8.68. The van der Waals surface area contributed by atoms with E-state index in [2.05, 4.69) is 39.4 Å². The van der Waals surface area contributed by atoms with Crippen LogP contribution in [0, 0.1) is 5.92 Å². The largest absolute Gasteiger partial charge is 0.395 e. The lowest BCUT2D eigenvalue weighted by Crippen LogP contribution is -2.41. The van der Waals surface area contributed by atoms with Gasteiger partial charge in [0.25, 0.3) is 0 Å². The molecule has 2 N–H and O–H groups in total. The molecule has 1 amide bonds. The van der Waals surface area contributed by atoms with Crippen molar-refractivity contribution in [2.45, 2.75) is 25.3 Å². The van der Waals surface area contributed by atoms with Gasteiger partial charge in [0, 0.05) is 37.9 Å². The molecule has 1 aromatic carbocycles. The molecule has 5 heteroatoms. The number of benzene rings is 1. The van der Waals surface area contributed by atoms with Crippen LogP contribution in [0.5, 0.6) is 0 Å². The lowest BCUT2D eigenvalue weighted by Gasteiger charge is -2.21. The van der Waals surface area contributed by atoms with E-state index in [1.807, 2.05) is 6.07 Å². The number of amides is 1. The standard InChI is InChI=1S/C18H27N3O2/c22-11-10-21(17-6-7-17)14-18(23)19-12-15-8-9-20(13-15)16-4-2-1-3-5-16/h1-5,15,17,22H,6-14H2,(H,19,23). The number of aliphatic hydroxyl groups excluding tert-OH is 1. The summed E-state index contributed by atoms with van der Waals surface area (Å²) >= 11 is 0. The summed E-state index contributed by atoms with van der Waals surface area (Å²) in [5.41, 5.74) is 1.27. The number of rotatable bonds is 8. The third kappa shape index (κ3) is 4.69. The van der Waals surface area contributed by atoms with Crippen molar-refractivity contribution in [2.24, 2.45) is 5.92 Å². The predicted octanol–water partition coefficient (Wildman–Crippen LogP) is 1.09. The number of carbonyl (C=O) groups is 1. The van der Waals surface area contributed by atoms with E-state index in [9.17, 15) is 4.79 Å². The molecule has 1 saturated heterocycles. The van der Waals surface area contributed by atoms with Gasteiger partial charge in [-0.25, -0.2) is 0 Å². The molecule has 2 fully saturated rings. The van der Waals surface area contributed by atoms with Gasteiger partial charge in [0.15, 0.2) is 0 Å². The Labute approximate surface area is 138 Å². The Kier molecular flexibility index (Phi) is 5.51. The van der Waals surface area contributed by atoms with Crippen molar-refractivity contribution in [1.82, 2.24) is 10.2 Å². The first-order valence-electron chi connectivity index (χ1n) is 8.68. The first-order chi connectivity index (χ1) is 11.3. The average molecular weight is 317 g/mol. The number of hydrogen-bond acceptors (Lipinski definition) is 4. The molecule has 0 spiro atoms. The topological polar surface area (TPSA) is 55.8 Å². The normalized spacial score (nSPS) is 21.0. The van der Waals surface area contributed by atoms with Crippen molar-refractivity contribution < 1.29 is 9.90 Å². The molecule has 126 valence electrons. The van der Waals surface area contributed by atoms with E-state index in [1.54, 1.807) is 0 Å². The minimum absolute atomic E-state index is 0.0866. The maximum atomic E-state index is 12.1. The van der Waals surface area contributed by atoms with Crippen LogP contribution in [0.3, 0.4) is 0 Å². The fourth-order valence-electron chi connectivity index (χ4n) is 3.33. The number of carbonyl (C=O) groups excluding carboxylic acids is 1. The predicted molar refractivity (Wildman–Crippen MR) is 91.5 cm³/mol. The summed E-state index contributed by atoms with van der Waals surface area (Å²) in [5, 5.41) is 12.2. The van der Waals surface area contributed by atoms with Crippen LogP contribution < -0.4 is 10.2 Å². The minimum atomic E-state index is 0.0866.